The maximum atomic E-state index is 2.35. The molecule has 0 saturated heterocycles. The van der Waals surface area contributed by atoms with Gasteiger partial charge in [0.1, 0.15) is 0 Å². The first-order valence-corrected chi connectivity index (χ1v) is 7.06. The average molecular weight is 243 g/mol. The first-order valence-electron chi connectivity index (χ1n) is 6.24. The lowest BCUT2D eigenvalue weighted by molar-refractivity contribution is 0.982. The third-order valence-electron chi connectivity index (χ3n) is 3.37. The van der Waals surface area contributed by atoms with Gasteiger partial charge in [-0.3, -0.25) is 0 Å². The molecule has 0 unspecified atom stereocenters. The second-order valence-corrected chi connectivity index (χ2v) is 5.65. The second-order valence-electron chi connectivity index (χ2n) is 4.58. The molecule has 0 radical (unpaired) electrons. The summed E-state index contributed by atoms with van der Waals surface area (Å²) in [4.78, 5) is 3.76. The smallest absolute Gasteiger partial charge is 0.0959 e. The van der Waals surface area contributed by atoms with Crippen LogP contribution in [0.3, 0.4) is 0 Å². The van der Waals surface area contributed by atoms with Crippen molar-refractivity contribution in [3.8, 4) is 0 Å². The molecule has 0 bridgehead atoms. The predicted octanol–water partition coefficient (Wildman–Crippen LogP) is 4.38. The van der Waals surface area contributed by atoms with Crippen molar-refractivity contribution in [2.45, 2.75) is 25.7 Å². The Morgan fingerprint density at radius 1 is 1.12 bits per heavy atom. The summed E-state index contributed by atoms with van der Waals surface area (Å²) >= 11 is 1.90. The molecular weight excluding hydrogens is 226 g/mol. The minimum Gasteiger partial charge on any atom is -0.337 e. The Balaban J connectivity index is 1.89. The Morgan fingerprint density at radius 2 is 2.00 bits per heavy atom. The summed E-state index contributed by atoms with van der Waals surface area (Å²) in [7, 11) is 2.17. The molecule has 2 aliphatic rings. The number of aryl methyl sites for hydroxylation is 1. The summed E-state index contributed by atoms with van der Waals surface area (Å²) in [6.45, 7) is 0. The van der Waals surface area contributed by atoms with Crippen molar-refractivity contribution in [2.75, 3.05) is 11.9 Å². The van der Waals surface area contributed by atoms with E-state index in [1.807, 2.05) is 11.3 Å². The highest BCUT2D eigenvalue weighted by atomic mass is 32.1. The fraction of sp³-hybridized carbons (Fsp3) is 0.333. The van der Waals surface area contributed by atoms with Crippen LogP contribution in [0.2, 0.25) is 0 Å². The highest BCUT2D eigenvalue weighted by Crippen LogP contribution is 2.35. The quantitative estimate of drug-likeness (QED) is 0.745. The van der Waals surface area contributed by atoms with E-state index in [9.17, 15) is 0 Å². The molecule has 0 aliphatic heterocycles. The SMILES string of the molecule is CN(C1=CCCC=C1)c1cc2c(s1)C=CCC2. The number of hydrogen-bond acceptors (Lipinski definition) is 2. The van der Waals surface area contributed by atoms with Crippen LogP contribution in [0.15, 0.2) is 36.1 Å². The number of thiophene rings is 1. The molecule has 0 aromatic carbocycles. The van der Waals surface area contributed by atoms with Crippen LogP contribution in [-0.2, 0) is 6.42 Å². The number of likely N-dealkylation sites (N-methyl/N-ethyl adjacent to an activating group) is 1. The zero-order chi connectivity index (χ0) is 11.7. The Morgan fingerprint density at radius 3 is 2.76 bits per heavy atom. The van der Waals surface area contributed by atoms with Crippen LogP contribution in [0, 0.1) is 0 Å². The molecule has 1 nitrogen and oxygen atoms in total. The van der Waals surface area contributed by atoms with Gasteiger partial charge in [-0.25, -0.2) is 0 Å². The van der Waals surface area contributed by atoms with Crippen LogP contribution in [0.25, 0.3) is 6.08 Å². The number of nitrogens with zero attached hydrogens (tertiary/aromatic N) is 1. The number of anilines is 1. The van der Waals surface area contributed by atoms with Gasteiger partial charge >= 0.3 is 0 Å². The molecule has 2 aliphatic carbocycles. The van der Waals surface area contributed by atoms with Crippen LogP contribution in [0.4, 0.5) is 5.00 Å². The van der Waals surface area contributed by atoms with Crippen LogP contribution in [-0.4, -0.2) is 7.05 Å². The standard InChI is InChI=1S/C15H17NS/c1-16(13-8-3-2-4-9-13)15-11-12-7-5-6-10-14(12)17-15/h3,6,8-11H,2,4-5,7H2,1H3. The molecule has 0 amide bonds. The summed E-state index contributed by atoms with van der Waals surface area (Å²) < 4.78 is 0. The van der Waals surface area contributed by atoms with Crippen molar-refractivity contribution >= 4 is 22.4 Å². The molecule has 0 atom stereocenters. The van der Waals surface area contributed by atoms with Gasteiger partial charge in [-0.05, 0) is 49.5 Å². The highest BCUT2D eigenvalue weighted by molar-refractivity contribution is 7.17. The van der Waals surface area contributed by atoms with Gasteiger partial charge in [0.05, 0.1) is 5.00 Å². The molecular formula is C15H17NS. The molecule has 3 rings (SSSR count). The summed E-state index contributed by atoms with van der Waals surface area (Å²) in [5.41, 5.74) is 2.85. The fourth-order valence-corrected chi connectivity index (χ4v) is 3.46. The van der Waals surface area contributed by atoms with Crippen molar-refractivity contribution in [1.29, 1.82) is 0 Å². The molecule has 1 heterocycles. The zero-order valence-corrected chi connectivity index (χ0v) is 11.0. The van der Waals surface area contributed by atoms with Gasteiger partial charge in [-0.2, -0.15) is 0 Å². The van der Waals surface area contributed by atoms with Gasteiger partial charge in [0, 0.05) is 17.6 Å². The number of rotatable bonds is 2. The van der Waals surface area contributed by atoms with Gasteiger partial charge in [-0.15, -0.1) is 11.3 Å². The molecule has 0 saturated carbocycles. The third-order valence-corrected chi connectivity index (χ3v) is 4.59. The van der Waals surface area contributed by atoms with Crippen molar-refractivity contribution in [3.05, 3.63) is 46.5 Å². The summed E-state index contributed by atoms with van der Waals surface area (Å²) in [5, 5.41) is 1.36. The lowest BCUT2D eigenvalue weighted by Crippen LogP contribution is -2.14. The van der Waals surface area contributed by atoms with E-state index in [0.29, 0.717) is 0 Å². The Kier molecular flexibility index (Phi) is 2.89. The van der Waals surface area contributed by atoms with Crippen LogP contribution in [0.1, 0.15) is 29.7 Å². The van der Waals surface area contributed by atoms with Gasteiger partial charge in [0.2, 0.25) is 0 Å². The minimum absolute atomic E-state index is 1.17. The van der Waals surface area contributed by atoms with Crippen molar-refractivity contribution < 1.29 is 0 Å². The number of fused-ring (bicyclic) bond motifs is 1. The molecule has 17 heavy (non-hydrogen) atoms. The van der Waals surface area contributed by atoms with Crippen molar-refractivity contribution in [1.82, 2.24) is 0 Å². The zero-order valence-electron chi connectivity index (χ0n) is 10.1. The van der Waals surface area contributed by atoms with Crippen molar-refractivity contribution in [2.24, 2.45) is 0 Å². The maximum Gasteiger partial charge on any atom is 0.0959 e. The lowest BCUT2D eigenvalue weighted by Gasteiger charge is -2.20. The second kappa shape index (κ2) is 4.53. The molecule has 0 fully saturated rings. The summed E-state index contributed by atoms with van der Waals surface area (Å²) in [6.07, 6.45) is 16.1. The Hall–Kier alpha value is -1.28. The van der Waals surface area contributed by atoms with Crippen LogP contribution < -0.4 is 4.90 Å². The van der Waals surface area contributed by atoms with E-state index in [4.69, 9.17) is 0 Å². The molecule has 2 heteroatoms. The normalized spacial score (nSPS) is 17.8. The van der Waals surface area contributed by atoms with Gasteiger partial charge in [-0.1, -0.05) is 18.2 Å². The van der Waals surface area contributed by atoms with E-state index in [0.717, 1.165) is 0 Å². The topological polar surface area (TPSA) is 3.24 Å². The number of hydrogen-bond donors (Lipinski definition) is 0. The number of allylic oxidation sites excluding steroid dienone is 4. The molecule has 0 spiro atoms. The fourth-order valence-electron chi connectivity index (χ4n) is 2.33. The minimum atomic E-state index is 1.17. The third kappa shape index (κ3) is 2.09. The molecule has 0 N–H and O–H groups in total. The first kappa shape index (κ1) is 10.8. The van der Waals surface area contributed by atoms with E-state index in [-0.39, 0.29) is 0 Å². The van der Waals surface area contributed by atoms with E-state index in [2.05, 4.69) is 48.4 Å². The maximum absolute atomic E-state index is 2.35. The first-order chi connectivity index (χ1) is 8.34. The van der Waals surface area contributed by atoms with Crippen LogP contribution in [0.5, 0.6) is 0 Å². The van der Waals surface area contributed by atoms with Gasteiger partial charge in [0.15, 0.2) is 0 Å². The van der Waals surface area contributed by atoms with Crippen molar-refractivity contribution in [3.63, 3.8) is 0 Å². The summed E-state index contributed by atoms with van der Waals surface area (Å²) in [6, 6.07) is 2.35. The molecule has 1 aromatic rings. The summed E-state index contributed by atoms with van der Waals surface area (Å²) in [5.74, 6) is 0. The van der Waals surface area contributed by atoms with Crippen LogP contribution >= 0.6 is 11.3 Å². The van der Waals surface area contributed by atoms with E-state index in [1.54, 1.807) is 0 Å². The van der Waals surface area contributed by atoms with Gasteiger partial charge in [0.25, 0.3) is 0 Å². The highest BCUT2D eigenvalue weighted by Gasteiger charge is 2.14. The largest absolute Gasteiger partial charge is 0.337 e. The van der Waals surface area contributed by atoms with Gasteiger partial charge < -0.3 is 4.90 Å². The molecule has 88 valence electrons. The Bertz CT molecular complexity index is 505. The molecule has 1 aromatic heterocycles. The average Bonchev–Trinajstić information content (AvgIpc) is 2.82. The monoisotopic (exact) mass is 243 g/mol. The lowest BCUT2D eigenvalue weighted by atomic mass is 10.1. The Labute approximate surface area is 107 Å². The van der Waals surface area contributed by atoms with E-state index >= 15 is 0 Å². The predicted molar refractivity (Wildman–Crippen MR) is 76.5 cm³/mol. The van der Waals surface area contributed by atoms with E-state index < -0.39 is 0 Å². The van der Waals surface area contributed by atoms with E-state index in [1.165, 1.54) is 46.8 Å².